The Morgan fingerprint density at radius 2 is 1.65 bits per heavy atom. The largest absolute Gasteiger partial charge is 0.324 e. The second-order valence-corrected chi connectivity index (χ2v) is 6.27. The smallest absolute Gasteiger partial charge is 0.241 e. The quantitative estimate of drug-likeness (QED) is 0.868. The Morgan fingerprint density at radius 1 is 1.00 bits per heavy atom. The molecule has 1 atom stereocenters. The maximum atomic E-state index is 12.5. The van der Waals surface area contributed by atoms with Gasteiger partial charge >= 0.3 is 0 Å². The van der Waals surface area contributed by atoms with E-state index in [1.165, 1.54) is 25.7 Å². The fourth-order valence-corrected chi connectivity index (χ4v) is 3.22. The Kier molecular flexibility index (Phi) is 5.09. The van der Waals surface area contributed by atoms with Crippen molar-refractivity contribution in [3.63, 3.8) is 0 Å². The van der Waals surface area contributed by atoms with E-state index in [4.69, 9.17) is 0 Å². The second kappa shape index (κ2) is 7.42. The van der Waals surface area contributed by atoms with Crippen LogP contribution >= 0.6 is 0 Å². The minimum atomic E-state index is -0.179. The van der Waals surface area contributed by atoms with Crippen molar-refractivity contribution in [2.75, 3.05) is 5.32 Å². The van der Waals surface area contributed by atoms with E-state index in [1.54, 1.807) is 0 Å². The van der Waals surface area contributed by atoms with Crippen LogP contribution in [-0.4, -0.2) is 18.0 Å². The van der Waals surface area contributed by atoms with E-state index >= 15 is 0 Å². The molecule has 0 spiro atoms. The molecule has 0 heterocycles. The first-order valence-corrected chi connectivity index (χ1v) is 8.45. The van der Waals surface area contributed by atoms with Gasteiger partial charge in [-0.3, -0.25) is 4.79 Å². The number of hydrogen-bond donors (Lipinski definition) is 2. The zero-order chi connectivity index (χ0) is 16.1. The van der Waals surface area contributed by atoms with Gasteiger partial charge in [-0.05, 0) is 31.4 Å². The highest BCUT2D eigenvalue weighted by molar-refractivity contribution is 5.98. The van der Waals surface area contributed by atoms with Gasteiger partial charge in [-0.1, -0.05) is 61.4 Å². The van der Waals surface area contributed by atoms with E-state index in [0.717, 1.165) is 16.8 Å². The average Bonchev–Trinajstić information content (AvgIpc) is 3.09. The fraction of sp³-hybridized carbons (Fsp3) is 0.350. The van der Waals surface area contributed by atoms with Gasteiger partial charge in [0.15, 0.2) is 0 Å². The zero-order valence-corrected chi connectivity index (χ0v) is 13.6. The number of anilines is 1. The fourth-order valence-electron chi connectivity index (χ4n) is 3.22. The normalized spacial score (nSPS) is 16.2. The molecular formula is C20H24N2O. The molecule has 23 heavy (non-hydrogen) atoms. The Hall–Kier alpha value is -2.13. The lowest BCUT2D eigenvalue weighted by Gasteiger charge is -2.19. The van der Waals surface area contributed by atoms with Gasteiger partial charge in [-0.25, -0.2) is 0 Å². The minimum Gasteiger partial charge on any atom is -0.324 e. The number of nitrogens with one attached hydrogen (secondary N) is 2. The Morgan fingerprint density at radius 3 is 2.39 bits per heavy atom. The molecule has 0 aliphatic heterocycles. The first-order chi connectivity index (χ1) is 11.2. The molecule has 2 N–H and O–H groups in total. The number of hydrogen-bond acceptors (Lipinski definition) is 2. The van der Waals surface area contributed by atoms with Gasteiger partial charge in [0, 0.05) is 17.3 Å². The van der Waals surface area contributed by atoms with E-state index in [0.29, 0.717) is 6.04 Å². The first kappa shape index (κ1) is 15.8. The average molecular weight is 308 g/mol. The Balaban J connectivity index is 1.71. The van der Waals surface area contributed by atoms with Crippen LogP contribution in [0.3, 0.4) is 0 Å². The molecule has 0 unspecified atom stereocenters. The van der Waals surface area contributed by atoms with E-state index in [9.17, 15) is 4.79 Å². The molecule has 1 aliphatic carbocycles. The third-order valence-electron chi connectivity index (χ3n) is 4.50. The topological polar surface area (TPSA) is 41.1 Å². The van der Waals surface area contributed by atoms with Gasteiger partial charge in [-0.15, -0.1) is 0 Å². The van der Waals surface area contributed by atoms with Crippen LogP contribution in [0.5, 0.6) is 0 Å². The van der Waals surface area contributed by atoms with Crippen LogP contribution in [0.15, 0.2) is 54.6 Å². The SMILES string of the molecule is C[C@H](NC1CCCC1)C(=O)Nc1ccccc1-c1ccccc1. The van der Waals surface area contributed by atoms with Crippen molar-refractivity contribution in [3.05, 3.63) is 54.6 Å². The summed E-state index contributed by atoms with van der Waals surface area (Å²) in [5, 5.41) is 6.53. The summed E-state index contributed by atoms with van der Waals surface area (Å²) < 4.78 is 0. The number of carbonyl (C=O) groups is 1. The van der Waals surface area contributed by atoms with E-state index in [1.807, 2.05) is 49.4 Å². The third-order valence-corrected chi connectivity index (χ3v) is 4.50. The lowest BCUT2D eigenvalue weighted by Crippen LogP contribution is -2.42. The van der Waals surface area contributed by atoms with Crippen LogP contribution in [0.4, 0.5) is 5.69 Å². The zero-order valence-electron chi connectivity index (χ0n) is 13.6. The highest BCUT2D eigenvalue weighted by Gasteiger charge is 2.21. The molecule has 1 aliphatic rings. The molecule has 0 saturated heterocycles. The standard InChI is InChI=1S/C20H24N2O/c1-15(21-17-11-5-6-12-17)20(23)22-19-14-8-7-13-18(19)16-9-3-2-4-10-16/h2-4,7-10,13-15,17,21H,5-6,11-12H2,1H3,(H,22,23)/t15-/m0/s1. The molecule has 3 nitrogen and oxygen atoms in total. The monoisotopic (exact) mass is 308 g/mol. The Bertz CT molecular complexity index is 648. The lowest BCUT2D eigenvalue weighted by molar-refractivity contribution is -0.117. The maximum absolute atomic E-state index is 12.5. The summed E-state index contributed by atoms with van der Waals surface area (Å²) in [6.07, 6.45) is 4.89. The van der Waals surface area contributed by atoms with Crippen molar-refractivity contribution in [2.24, 2.45) is 0 Å². The van der Waals surface area contributed by atoms with Crippen LogP contribution in [-0.2, 0) is 4.79 Å². The molecule has 1 fully saturated rings. The summed E-state index contributed by atoms with van der Waals surface area (Å²) in [5.74, 6) is 0.0280. The van der Waals surface area contributed by atoms with Crippen LogP contribution in [0, 0.1) is 0 Å². The van der Waals surface area contributed by atoms with Crippen molar-refractivity contribution in [1.29, 1.82) is 0 Å². The van der Waals surface area contributed by atoms with Crippen LogP contribution in [0.1, 0.15) is 32.6 Å². The number of benzene rings is 2. The summed E-state index contributed by atoms with van der Waals surface area (Å²) in [6.45, 7) is 1.94. The molecular weight excluding hydrogens is 284 g/mol. The molecule has 0 aromatic heterocycles. The van der Waals surface area contributed by atoms with Crippen molar-refractivity contribution in [3.8, 4) is 11.1 Å². The first-order valence-electron chi connectivity index (χ1n) is 8.45. The van der Waals surface area contributed by atoms with Crippen LogP contribution < -0.4 is 10.6 Å². The van der Waals surface area contributed by atoms with Crippen molar-refractivity contribution in [1.82, 2.24) is 5.32 Å². The predicted molar refractivity (Wildman–Crippen MR) is 95.4 cm³/mol. The summed E-state index contributed by atoms with van der Waals surface area (Å²) in [7, 11) is 0. The number of carbonyl (C=O) groups excluding carboxylic acids is 1. The summed E-state index contributed by atoms with van der Waals surface area (Å²) in [4.78, 5) is 12.5. The number of amides is 1. The lowest BCUT2D eigenvalue weighted by atomic mass is 10.0. The third kappa shape index (κ3) is 3.99. The minimum absolute atomic E-state index is 0.0280. The molecule has 120 valence electrons. The van der Waals surface area contributed by atoms with Gasteiger partial charge in [0.25, 0.3) is 0 Å². The molecule has 0 bridgehead atoms. The van der Waals surface area contributed by atoms with E-state index in [2.05, 4.69) is 22.8 Å². The summed E-state index contributed by atoms with van der Waals surface area (Å²) >= 11 is 0. The maximum Gasteiger partial charge on any atom is 0.241 e. The van der Waals surface area contributed by atoms with Crippen LogP contribution in [0.2, 0.25) is 0 Å². The molecule has 1 saturated carbocycles. The molecule has 2 aromatic rings. The second-order valence-electron chi connectivity index (χ2n) is 6.27. The highest BCUT2D eigenvalue weighted by atomic mass is 16.2. The summed E-state index contributed by atoms with van der Waals surface area (Å²) in [6, 6.07) is 18.4. The van der Waals surface area contributed by atoms with Gasteiger partial charge in [0.1, 0.15) is 0 Å². The number of rotatable bonds is 5. The van der Waals surface area contributed by atoms with Gasteiger partial charge in [-0.2, -0.15) is 0 Å². The van der Waals surface area contributed by atoms with Crippen molar-refractivity contribution >= 4 is 11.6 Å². The molecule has 1 amide bonds. The van der Waals surface area contributed by atoms with Gasteiger partial charge in [0.2, 0.25) is 5.91 Å². The van der Waals surface area contributed by atoms with Gasteiger partial charge in [0.05, 0.1) is 6.04 Å². The van der Waals surface area contributed by atoms with Crippen molar-refractivity contribution < 1.29 is 4.79 Å². The molecule has 3 heteroatoms. The van der Waals surface area contributed by atoms with Crippen molar-refractivity contribution in [2.45, 2.75) is 44.7 Å². The molecule has 3 rings (SSSR count). The van der Waals surface area contributed by atoms with Gasteiger partial charge < -0.3 is 10.6 Å². The van der Waals surface area contributed by atoms with E-state index in [-0.39, 0.29) is 11.9 Å². The van der Waals surface area contributed by atoms with E-state index < -0.39 is 0 Å². The summed E-state index contributed by atoms with van der Waals surface area (Å²) in [5.41, 5.74) is 3.03. The Labute approximate surface area is 138 Å². The van der Waals surface area contributed by atoms with Crippen LogP contribution in [0.25, 0.3) is 11.1 Å². The molecule has 2 aromatic carbocycles. The number of para-hydroxylation sites is 1. The molecule has 0 radical (unpaired) electrons. The predicted octanol–water partition coefficient (Wildman–Crippen LogP) is 4.21. The highest BCUT2D eigenvalue weighted by Crippen LogP contribution is 2.27.